The van der Waals surface area contributed by atoms with Gasteiger partial charge in [-0.3, -0.25) is 23.7 Å². The molecular formula is C20H19F3N6O3. The molecule has 1 amide bonds. The maximum absolute atomic E-state index is 13.9. The van der Waals surface area contributed by atoms with Gasteiger partial charge in [-0.05, 0) is 25.8 Å². The summed E-state index contributed by atoms with van der Waals surface area (Å²) in [4.78, 5) is 51.6. The lowest BCUT2D eigenvalue weighted by Gasteiger charge is -2.25. The van der Waals surface area contributed by atoms with Crippen LogP contribution in [0.25, 0.3) is 11.0 Å². The summed E-state index contributed by atoms with van der Waals surface area (Å²) in [6.07, 6.45) is -1.20. The van der Waals surface area contributed by atoms with Crippen molar-refractivity contribution in [3.8, 4) is 0 Å². The van der Waals surface area contributed by atoms with Gasteiger partial charge in [-0.1, -0.05) is 0 Å². The maximum atomic E-state index is 13.9. The van der Waals surface area contributed by atoms with Crippen molar-refractivity contribution >= 4 is 16.9 Å². The van der Waals surface area contributed by atoms with E-state index in [0.29, 0.717) is 29.6 Å². The molecule has 168 valence electrons. The van der Waals surface area contributed by atoms with Crippen LogP contribution in [0.15, 0.2) is 28.0 Å². The minimum absolute atomic E-state index is 0.0426. The van der Waals surface area contributed by atoms with E-state index in [1.807, 2.05) is 0 Å². The fraction of sp³-hybridized carbons (Fsp3) is 0.400. The first-order chi connectivity index (χ1) is 15.0. The number of aryl methyl sites for hydroxylation is 2. The molecule has 1 saturated heterocycles. The van der Waals surface area contributed by atoms with Gasteiger partial charge in [0.1, 0.15) is 11.3 Å². The number of nitrogens with zero attached hydrogens (tertiary/aromatic N) is 6. The van der Waals surface area contributed by atoms with Crippen molar-refractivity contribution in [2.75, 3.05) is 6.54 Å². The number of aromatic nitrogens is 5. The molecule has 0 radical (unpaired) electrons. The standard InChI is InChI=1S/C20H19F3N6O3/c1-10-8-25-13(9-24-10)17(30)29-6-4-5-14(29)12-7-11(20(21,22)23)15-16(26-12)27(2)19(32)28(3)18(15)31/h7-9,14H,4-6H2,1-3H3/t14-/m1/s1. The fourth-order valence-corrected chi connectivity index (χ4v) is 3.94. The number of pyridine rings is 1. The minimum Gasteiger partial charge on any atom is -0.329 e. The predicted molar refractivity (Wildman–Crippen MR) is 107 cm³/mol. The first-order valence-electron chi connectivity index (χ1n) is 9.78. The van der Waals surface area contributed by atoms with Crippen molar-refractivity contribution in [1.82, 2.24) is 29.0 Å². The zero-order valence-corrected chi connectivity index (χ0v) is 17.5. The van der Waals surface area contributed by atoms with E-state index in [9.17, 15) is 27.6 Å². The van der Waals surface area contributed by atoms with Crippen molar-refractivity contribution in [1.29, 1.82) is 0 Å². The van der Waals surface area contributed by atoms with E-state index in [2.05, 4.69) is 15.0 Å². The summed E-state index contributed by atoms with van der Waals surface area (Å²) in [5.41, 5.74) is -2.80. The molecule has 1 aliphatic heterocycles. The SMILES string of the molecule is Cc1cnc(C(=O)N2CCC[C@@H]2c2cc(C(F)(F)F)c3c(=O)n(C)c(=O)n(C)c3n2)cn1. The largest absolute Gasteiger partial charge is 0.417 e. The second kappa shape index (κ2) is 7.53. The normalized spacial score (nSPS) is 16.7. The summed E-state index contributed by atoms with van der Waals surface area (Å²) in [5.74, 6) is -0.478. The molecule has 32 heavy (non-hydrogen) atoms. The molecule has 1 fully saturated rings. The van der Waals surface area contributed by atoms with Gasteiger partial charge < -0.3 is 4.90 Å². The molecule has 4 heterocycles. The van der Waals surface area contributed by atoms with Gasteiger partial charge in [0, 0.05) is 26.8 Å². The Morgan fingerprint density at radius 3 is 2.47 bits per heavy atom. The van der Waals surface area contributed by atoms with Crippen molar-refractivity contribution in [3.05, 3.63) is 61.9 Å². The third kappa shape index (κ3) is 3.45. The quantitative estimate of drug-likeness (QED) is 0.592. The molecule has 0 saturated carbocycles. The highest BCUT2D eigenvalue weighted by Gasteiger charge is 2.39. The van der Waals surface area contributed by atoms with Crippen LogP contribution in [-0.4, -0.2) is 41.4 Å². The van der Waals surface area contributed by atoms with Gasteiger partial charge in [-0.2, -0.15) is 13.2 Å². The van der Waals surface area contributed by atoms with Crippen molar-refractivity contribution < 1.29 is 18.0 Å². The van der Waals surface area contributed by atoms with Crippen LogP contribution < -0.4 is 11.2 Å². The van der Waals surface area contributed by atoms with Crippen LogP contribution in [0.5, 0.6) is 0 Å². The molecule has 1 aliphatic rings. The Morgan fingerprint density at radius 1 is 1.12 bits per heavy atom. The average Bonchev–Trinajstić information content (AvgIpc) is 3.24. The molecule has 0 spiro atoms. The van der Waals surface area contributed by atoms with E-state index in [0.717, 1.165) is 17.7 Å². The highest BCUT2D eigenvalue weighted by Crippen LogP contribution is 2.38. The Hall–Kier alpha value is -3.57. The van der Waals surface area contributed by atoms with Crippen molar-refractivity contribution in [3.63, 3.8) is 0 Å². The first kappa shape index (κ1) is 21.7. The van der Waals surface area contributed by atoms with Gasteiger partial charge in [-0.15, -0.1) is 0 Å². The van der Waals surface area contributed by atoms with E-state index in [-0.39, 0.29) is 17.0 Å². The van der Waals surface area contributed by atoms with Crippen LogP contribution in [-0.2, 0) is 20.3 Å². The van der Waals surface area contributed by atoms with Gasteiger partial charge in [0.25, 0.3) is 11.5 Å². The Morgan fingerprint density at radius 2 is 1.84 bits per heavy atom. The fourth-order valence-electron chi connectivity index (χ4n) is 3.94. The summed E-state index contributed by atoms with van der Waals surface area (Å²) < 4.78 is 43.3. The maximum Gasteiger partial charge on any atom is 0.417 e. The van der Waals surface area contributed by atoms with Crippen LogP contribution in [0.2, 0.25) is 0 Å². The number of fused-ring (bicyclic) bond motifs is 1. The Labute approximate surface area is 179 Å². The molecule has 0 aliphatic carbocycles. The Kier molecular flexibility index (Phi) is 5.10. The van der Waals surface area contributed by atoms with Crippen molar-refractivity contribution in [2.45, 2.75) is 32.0 Å². The molecule has 1 atom stereocenters. The second-order valence-electron chi connectivity index (χ2n) is 7.70. The Balaban J connectivity index is 1.90. The van der Waals surface area contributed by atoms with Gasteiger partial charge in [-0.25, -0.2) is 14.8 Å². The smallest absolute Gasteiger partial charge is 0.329 e. The number of rotatable bonds is 2. The summed E-state index contributed by atoms with van der Waals surface area (Å²) in [5, 5.41) is -0.689. The van der Waals surface area contributed by atoms with Crippen LogP contribution in [0, 0.1) is 6.92 Å². The monoisotopic (exact) mass is 448 g/mol. The second-order valence-corrected chi connectivity index (χ2v) is 7.70. The summed E-state index contributed by atoms with van der Waals surface area (Å²) in [6, 6.07) is 0.0286. The molecule has 9 nitrogen and oxygen atoms in total. The highest BCUT2D eigenvalue weighted by molar-refractivity contribution is 5.92. The minimum atomic E-state index is -4.87. The van der Waals surface area contributed by atoms with Gasteiger partial charge in [0.15, 0.2) is 0 Å². The van der Waals surface area contributed by atoms with Crippen LogP contribution >= 0.6 is 0 Å². The molecule has 3 aromatic heterocycles. The van der Waals surface area contributed by atoms with Crippen molar-refractivity contribution in [2.24, 2.45) is 14.1 Å². The highest BCUT2D eigenvalue weighted by atomic mass is 19.4. The summed E-state index contributed by atoms with van der Waals surface area (Å²) in [6.45, 7) is 2.02. The van der Waals surface area contributed by atoms with Crippen LogP contribution in [0.1, 0.15) is 46.3 Å². The number of alkyl halides is 3. The number of hydrogen-bond acceptors (Lipinski definition) is 6. The van der Waals surface area contributed by atoms with E-state index in [1.54, 1.807) is 6.92 Å². The zero-order valence-electron chi connectivity index (χ0n) is 17.5. The topological polar surface area (TPSA) is 103 Å². The number of carbonyl (C=O) groups is 1. The zero-order chi connectivity index (χ0) is 23.4. The lowest BCUT2D eigenvalue weighted by Crippen LogP contribution is -2.39. The van der Waals surface area contributed by atoms with Gasteiger partial charge >= 0.3 is 11.9 Å². The number of carbonyl (C=O) groups excluding carboxylic acids is 1. The number of hydrogen-bond donors (Lipinski definition) is 0. The number of halogens is 3. The molecule has 0 unspecified atom stereocenters. The van der Waals surface area contributed by atoms with Crippen LogP contribution in [0.4, 0.5) is 13.2 Å². The third-order valence-corrected chi connectivity index (χ3v) is 5.59. The number of likely N-dealkylation sites (tertiary alicyclic amines) is 1. The lowest BCUT2D eigenvalue weighted by molar-refractivity contribution is -0.136. The van der Waals surface area contributed by atoms with Crippen LogP contribution in [0.3, 0.4) is 0 Å². The molecule has 0 N–H and O–H groups in total. The molecule has 0 bridgehead atoms. The van der Waals surface area contributed by atoms with E-state index >= 15 is 0 Å². The Bertz CT molecular complexity index is 1340. The average molecular weight is 448 g/mol. The molecule has 4 rings (SSSR count). The van der Waals surface area contributed by atoms with E-state index < -0.39 is 40.3 Å². The molecule has 12 heteroatoms. The molecular weight excluding hydrogens is 429 g/mol. The van der Waals surface area contributed by atoms with Gasteiger partial charge in [0.2, 0.25) is 0 Å². The first-order valence-corrected chi connectivity index (χ1v) is 9.78. The lowest BCUT2D eigenvalue weighted by atomic mass is 10.0. The third-order valence-electron chi connectivity index (χ3n) is 5.59. The summed E-state index contributed by atoms with van der Waals surface area (Å²) >= 11 is 0. The van der Waals surface area contributed by atoms with E-state index in [4.69, 9.17) is 0 Å². The molecule has 0 aromatic carbocycles. The number of amides is 1. The van der Waals surface area contributed by atoms with Gasteiger partial charge in [0.05, 0.1) is 34.6 Å². The predicted octanol–water partition coefficient (Wildman–Crippen LogP) is 1.73. The molecule has 3 aromatic rings. The van der Waals surface area contributed by atoms with E-state index in [1.165, 1.54) is 24.3 Å². The summed E-state index contributed by atoms with van der Waals surface area (Å²) in [7, 11) is 2.36.